The average molecular weight is 362 g/mol. The number of hydrogen-bond donors (Lipinski definition) is 1. The van der Waals surface area contributed by atoms with E-state index in [1.807, 2.05) is 42.5 Å². The summed E-state index contributed by atoms with van der Waals surface area (Å²) in [6.45, 7) is 0. The summed E-state index contributed by atoms with van der Waals surface area (Å²) in [7, 11) is -3.05. The second kappa shape index (κ2) is 7.36. The number of carbonyl (C=O) groups excluding carboxylic acids is 1. The van der Waals surface area contributed by atoms with Crippen LogP contribution in [0.1, 0.15) is 12.0 Å². The normalized spacial score (nSPS) is 19.1. The topological polar surface area (TPSA) is 76.1 Å². The van der Waals surface area contributed by atoms with Gasteiger partial charge in [-0.1, -0.05) is 18.2 Å². The molecule has 1 fully saturated rings. The molecule has 1 N–H and O–H groups in total. The second-order valence-electron chi connectivity index (χ2n) is 5.75. The van der Waals surface area contributed by atoms with Crippen molar-refractivity contribution in [2.24, 2.45) is 5.92 Å². The number of amides is 1. The molecule has 126 valence electrons. The SMILES string of the molecule is O=C(Nc1cccc(CSc2ccccn2)c1)C1CCS(=O)(=O)C1. The number of nitrogens with zero attached hydrogens (tertiary/aromatic N) is 1. The van der Waals surface area contributed by atoms with Crippen molar-refractivity contribution < 1.29 is 13.2 Å². The first-order valence-electron chi connectivity index (χ1n) is 7.66. The Hall–Kier alpha value is -1.86. The fourth-order valence-corrected chi connectivity index (χ4v) is 5.12. The van der Waals surface area contributed by atoms with Gasteiger partial charge in [-0.25, -0.2) is 13.4 Å². The highest BCUT2D eigenvalue weighted by Gasteiger charge is 2.32. The number of benzene rings is 1. The molecule has 0 saturated carbocycles. The maximum atomic E-state index is 12.2. The predicted molar refractivity (Wildman–Crippen MR) is 95.6 cm³/mol. The highest BCUT2D eigenvalue weighted by atomic mass is 32.2. The number of anilines is 1. The number of hydrogen-bond acceptors (Lipinski definition) is 5. The van der Waals surface area contributed by atoms with Crippen molar-refractivity contribution in [1.29, 1.82) is 0 Å². The van der Waals surface area contributed by atoms with E-state index in [-0.39, 0.29) is 17.4 Å². The molecule has 3 rings (SSSR count). The van der Waals surface area contributed by atoms with Gasteiger partial charge in [0.05, 0.1) is 22.4 Å². The van der Waals surface area contributed by atoms with Crippen molar-refractivity contribution in [3.8, 4) is 0 Å². The summed E-state index contributed by atoms with van der Waals surface area (Å²) in [5.41, 5.74) is 1.77. The first-order chi connectivity index (χ1) is 11.5. The third kappa shape index (κ3) is 4.58. The number of carbonyl (C=O) groups is 1. The zero-order chi connectivity index (χ0) is 17.0. The van der Waals surface area contributed by atoms with Gasteiger partial charge in [-0.05, 0) is 36.2 Å². The molecule has 2 aromatic rings. The number of pyridine rings is 1. The molecule has 1 amide bonds. The van der Waals surface area contributed by atoms with Gasteiger partial charge in [0.2, 0.25) is 5.91 Å². The Bertz CT molecular complexity index is 823. The van der Waals surface area contributed by atoms with Gasteiger partial charge in [-0.2, -0.15) is 0 Å². The molecule has 0 radical (unpaired) electrons. The Labute approximate surface area is 145 Å². The van der Waals surface area contributed by atoms with Gasteiger partial charge in [0.25, 0.3) is 0 Å². The maximum absolute atomic E-state index is 12.2. The lowest BCUT2D eigenvalue weighted by Crippen LogP contribution is -2.23. The lowest BCUT2D eigenvalue weighted by atomic mass is 10.1. The summed E-state index contributed by atoms with van der Waals surface area (Å²) in [5, 5.41) is 3.78. The number of sulfone groups is 1. The monoisotopic (exact) mass is 362 g/mol. The zero-order valence-corrected chi connectivity index (χ0v) is 14.6. The Kier molecular flexibility index (Phi) is 5.20. The fraction of sp³-hybridized carbons (Fsp3) is 0.294. The minimum absolute atomic E-state index is 0.0476. The highest BCUT2D eigenvalue weighted by Crippen LogP contribution is 2.24. The van der Waals surface area contributed by atoms with E-state index in [0.29, 0.717) is 12.1 Å². The van der Waals surface area contributed by atoms with Crippen LogP contribution in [0.4, 0.5) is 5.69 Å². The van der Waals surface area contributed by atoms with Crippen LogP contribution in [0.15, 0.2) is 53.7 Å². The first-order valence-corrected chi connectivity index (χ1v) is 10.5. The van der Waals surface area contributed by atoms with E-state index in [4.69, 9.17) is 0 Å². The van der Waals surface area contributed by atoms with E-state index in [2.05, 4.69) is 10.3 Å². The molecule has 1 aromatic carbocycles. The molecule has 0 bridgehead atoms. The summed E-state index contributed by atoms with van der Waals surface area (Å²) in [6.07, 6.45) is 2.16. The smallest absolute Gasteiger partial charge is 0.228 e. The van der Waals surface area contributed by atoms with Crippen LogP contribution in [0.5, 0.6) is 0 Å². The van der Waals surface area contributed by atoms with Crippen LogP contribution in [0, 0.1) is 5.92 Å². The standard InChI is InChI=1S/C17H18N2O3S2/c20-17(14-7-9-24(21,22)12-14)19-15-5-3-4-13(10-15)11-23-16-6-1-2-8-18-16/h1-6,8,10,14H,7,9,11-12H2,(H,19,20). The van der Waals surface area contributed by atoms with Crippen LogP contribution in [-0.2, 0) is 20.4 Å². The second-order valence-corrected chi connectivity index (χ2v) is 8.97. The molecule has 5 nitrogen and oxygen atoms in total. The molecule has 2 heterocycles. The summed E-state index contributed by atoms with van der Waals surface area (Å²) < 4.78 is 23.0. The third-order valence-corrected chi connectivity index (χ3v) is 6.61. The van der Waals surface area contributed by atoms with Crippen molar-refractivity contribution >= 4 is 33.2 Å². The minimum Gasteiger partial charge on any atom is -0.326 e. The Morgan fingerprint density at radius 1 is 1.25 bits per heavy atom. The van der Waals surface area contributed by atoms with Gasteiger partial charge in [-0.15, -0.1) is 11.8 Å². The lowest BCUT2D eigenvalue weighted by Gasteiger charge is -2.10. The third-order valence-electron chi connectivity index (χ3n) is 3.82. The van der Waals surface area contributed by atoms with E-state index in [1.54, 1.807) is 18.0 Å². The molecule has 1 aliphatic heterocycles. The Morgan fingerprint density at radius 3 is 2.83 bits per heavy atom. The van der Waals surface area contributed by atoms with E-state index < -0.39 is 15.8 Å². The quantitative estimate of drug-likeness (QED) is 0.828. The molecule has 24 heavy (non-hydrogen) atoms. The molecule has 0 spiro atoms. The molecule has 0 aliphatic carbocycles. The van der Waals surface area contributed by atoms with Crippen LogP contribution >= 0.6 is 11.8 Å². The van der Waals surface area contributed by atoms with E-state index >= 15 is 0 Å². The van der Waals surface area contributed by atoms with Gasteiger partial charge in [0.15, 0.2) is 9.84 Å². The van der Waals surface area contributed by atoms with Crippen LogP contribution < -0.4 is 5.32 Å². The zero-order valence-electron chi connectivity index (χ0n) is 13.0. The van der Waals surface area contributed by atoms with Crippen LogP contribution in [0.3, 0.4) is 0 Å². The van der Waals surface area contributed by atoms with Crippen LogP contribution in [-0.4, -0.2) is 30.8 Å². The molecule has 1 unspecified atom stereocenters. The van der Waals surface area contributed by atoms with Gasteiger partial charge in [0.1, 0.15) is 0 Å². The average Bonchev–Trinajstić information content (AvgIpc) is 2.94. The summed E-state index contributed by atoms with van der Waals surface area (Å²) in [6, 6.07) is 13.4. The van der Waals surface area contributed by atoms with E-state index in [9.17, 15) is 13.2 Å². The van der Waals surface area contributed by atoms with E-state index in [0.717, 1.165) is 16.3 Å². The number of nitrogens with one attached hydrogen (secondary N) is 1. The molecular formula is C17H18N2O3S2. The molecular weight excluding hydrogens is 344 g/mol. The maximum Gasteiger partial charge on any atom is 0.228 e. The largest absolute Gasteiger partial charge is 0.326 e. The first kappa shape index (κ1) is 17.0. The number of thioether (sulfide) groups is 1. The molecule has 1 aliphatic rings. The minimum atomic E-state index is -3.05. The van der Waals surface area contributed by atoms with Gasteiger partial charge in [0, 0.05) is 17.6 Å². The predicted octanol–water partition coefficient (Wildman–Crippen LogP) is 2.75. The molecule has 1 aromatic heterocycles. The van der Waals surface area contributed by atoms with Gasteiger partial charge < -0.3 is 5.32 Å². The summed E-state index contributed by atoms with van der Waals surface area (Å²) in [5.74, 6) is 0.144. The van der Waals surface area contributed by atoms with Crippen LogP contribution in [0.25, 0.3) is 0 Å². The summed E-state index contributed by atoms with van der Waals surface area (Å²) in [4.78, 5) is 16.5. The van der Waals surface area contributed by atoms with Gasteiger partial charge in [-0.3, -0.25) is 4.79 Å². The van der Waals surface area contributed by atoms with Gasteiger partial charge >= 0.3 is 0 Å². The molecule has 1 saturated heterocycles. The highest BCUT2D eigenvalue weighted by molar-refractivity contribution is 7.98. The van der Waals surface area contributed by atoms with Crippen molar-refractivity contribution in [3.05, 3.63) is 54.2 Å². The fourth-order valence-electron chi connectivity index (χ4n) is 2.57. The van der Waals surface area contributed by atoms with Crippen molar-refractivity contribution in [2.75, 3.05) is 16.8 Å². The lowest BCUT2D eigenvalue weighted by molar-refractivity contribution is -0.119. The summed E-state index contributed by atoms with van der Waals surface area (Å²) >= 11 is 1.62. The van der Waals surface area contributed by atoms with Crippen molar-refractivity contribution in [3.63, 3.8) is 0 Å². The number of aromatic nitrogens is 1. The van der Waals surface area contributed by atoms with Crippen LogP contribution in [0.2, 0.25) is 0 Å². The molecule has 7 heteroatoms. The molecule has 1 atom stereocenters. The number of rotatable bonds is 5. The van der Waals surface area contributed by atoms with E-state index in [1.165, 1.54) is 0 Å². The Morgan fingerprint density at radius 2 is 2.12 bits per heavy atom. The van der Waals surface area contributed by atoms with Crippen molar-refractivity contribution in [1.82, 2.24) is 4.98 Å². The van der Waals surface area contributed by atoms with Crippen molar-refractivity contribution in [2.45, 2.75) is 17.2 Å². The Balaban J connectivity index is 1.60.